The van der Waals surface area contributed by atoms with Gasteiger partial charge in [0.1, 0.15) is 5.75 Å². The van der Waals surface area contributed by atoms with Gasteiger partial charge in [0.05, 0.1) is 17.5 Å². The van der Waals surface area contributed by atoms with Gasteiger partial charge in [0.2, 0.25) is 5.91 Å². The predicted molar refractivity (Wildman–Crippen MR) is 66.0 cm³/mol. The number of hydrogen-bond acceptors (Lipinski definition) is 3. The SMILES string of the molecule is COc1cc(C)c(C2(C(=O)NN)CC2)cc1Cl. The molecule has 1 aliphatic carbocycles. The number of nitrogens with two attached hydrogens (primary N) is 1. The maximum Gasteiger partial charge on any atom is 0.244 e. The number of halogens is 1. The molecule has 5 heteroatoms. The number of carbonyl (C=O) groups excluding carboxylic acids is 1. The standard InChI is InChI=1S/C12H15ClN2O2/c1-7-5-10(17-2)9(13)6-8(7)12(3-4-12)11(16)15-14/h5-6H,3-4,14H2,1-2H3,(H,15,16). The number of nitrogens with one attached hydrogen (secondary N) is 1. The van der Waals surface area contributed by atoms with E-state index in [1.165, 1.54) is 0 Å². The fourth-order valence-corrected chi connectivity index (χ4v) is 2.45. The van der Waals surface area contributed by atoms with Crippen molar-refractivity contribution < 1.29 is 9.53 Å². The van der Waals surface area contributed by atoms with Crippen LogP contribution in [0, 0.1) is 6.92 Å². The van der Waals surface area contributed by atoms with Crippen LogP contribution >= 0.6 is 11.6 Å². The quantitative estimate of drug-likeness (QED) is 0.490. The number of amides is 1. The average Bonchev–Trinajstić information content (AvgIpc) is 3.11. The lowest BCUT2D eigenvalue weighted by molar-refractivity contribution is -0.123. The summed E-state index contributed by atoms with van der Waals surface area (Å²) >= 11 is 6.10. The van der Waals surface area contributed by atoms with Gasteiger partial charge in [-0.25, -0.2) is 5.84 Å². The number of carbonyl (C=O) groups is 1. The summed E-state index contributed by atoms with van der Waals surface area (Å²) in [5.74, 6) is 5.69. The summed E-state index contributed by atoms with van der Waals surface area (Å²) in [7, 11) is 1.57. The molecule has 0 radical (unpaired) electrons. The minimum atomic E-state index is -0.491. The highest BCUT2D eigenvalue weighted by atomic mass is 35.5. The molecule has 92 valence electrons. The van der Waals surface area contributed by atoms with Crippen LogP contribution in [0.25, 0.3) is 0 Å². The molecular weight excluding hydrogens is 240 g/mol. The lowest BCUT2D eigenvalue weighted by atomic mass is 9.91. The molecule has 1 aromatic rings. The van der Waals surface area contributed by atoms with Crippen molar-refractivity contribution in [1.82, 2.24) is 5.43 Å². The zero-order valence-electron chi connectivity index (χ0n) is 9.84. The van der Waals surface area contributed by atoms with Gasteiger partial charge >= 0.3 is 0 Å². The van der Waals surface area contributed by atoms with Gasteiger partial charge < -0.3 is 4.74 Å². The van der Waals surface area contributed by atoms with Crippen LogP contribution in [0.15, 0.2) is 12.1 Å². The highest BCUT2D eigenvalue weighted by Crippen LogP contribution is 2.50. The summed E-state index contributed by atoms with van der Waals surface area (Å²) in [4.78, 5) is 11.8. The smallest absolute Gasteiger partial charge is 0.244 e. The van der Waals surface area contributed by atoms with Crippen molar-refractivity contribution in [3.8, 4) is 5.75 Å². The highest BCUT2D eigenvalue weighted by molar-refractivity contribution is 6.32. The van der Waals surface area contributed by atoms with Crippen molar-refractivity contribution in [1.29, 1.82) is 0 Å². The first-order chi connectivity index (χ1) is 8.05. The van der Waals surface area contributed by atoms with E-state index in [4.69, 9.17) is 22.2 Å². The number of methoxy groups -OCH3 is 1. The second-order valence-corrected chi connectivity index (χ2v) is 4.76. The number of hydrazine groups is 1. The van der Waals surface area contributed by atoms with Crippen LogP contribution in [0.3, 0.4) is 0 Å². The Kier molecular flexibility index (Phi) is 3.02. The summed E-state index contributed by atoms with van der Waals surface area (Å²) < 4.78 is 5.14. The largest absolute Gasteiger partial charge is 0.495 e. The van der Waals surface area contributed by atoms with Crippen LogP contribution < -0.4 is 16.0 Å². The average molecular weight is 255 g/mol. The monoisotopic (exact) mass is 254 g/mol. The van der Waals surface area contributed by atoms with Gasteiger partial charge in [-0.1, -0.05) is 11.6 Å². The molecule has 0 aromatic heterocycles. The van der Waals surface area contributed by atoms with Crippen molar-refractivity contribution >= 4 is 17.5 Å². The van der Waals surface area contributed by atoms with Crippen LogP contribution in [0.5, 0.6) is 5.75 Å². The second kappa shape index (κ2) is 4.20. The fraction of sp³-hybridized carbons (Fsp3) is 0.417. The molecule has 0 saturated heterocycles. The van der Waals surface area contributed by atoms with E-state index in [9.17, 15) is 4.79 Å². The Morgan fingerprint density at radius 1 is 1.53 bits per heavy atom. The molecule has 0 atom stereocenters. The number of benzene rings is 1. The third-order valence-corrected chi connectivity index (χ3v) is 3.63. The van der Waals surface area contributed by atoms with E-state index in [-0.39, 0.29) is 5.91 Å². The van der Waals surface area contributed by atoms with Crippen molar-refractivity contribution in [2.24, 2.45) is 5.84 Å². The topological polar surface area (TPSA) is 64.3 Å². The van der Waals surface area contributed by atoms with E-state index in [0.29, 0.717) is 10.8 Å². The first-order valence-corrected chi connectivity index (χ1v) is 5.78. The Balaban J connectivity index is 2.47. The third-order valence-electron chi connectivity index (χ3n) is 3.33. The molecule has 17 heavy (non-hydrogen) atoms. The minimum absolute atomic E-state index is 0.151. The van der Waals surface area contributed by atoms with E-state index >= 15 is 0 Å². The van der Waals surface area contributed by atoms with E-state index in [1.807, 2.05) is 13.0 Å². The van der Waals surface area contributed by atoms with Gasteiger partial charge in [-0.2, -0.15) is 0 Å². The van der Waals surface area contributed by atoms with Gasteiger partial charge in [-0.05, 0) is 43.0 Å². The van der Waals surface area contributed by atoms with Crippen LogP contribution in [0.4, 0.5) is 0 Å². The van der Waals surface area contributed by atoms with E-state index in [0.717, 1.165) is 24.0 Å². The summed E-state index contributed by atoms with van der Waals surface area (Å²) in [6, 6.07) is 3.65. The Labute approximate surface area is 105 Å². The zero-order valence-corrected chi connectivity index (χ0v) is 10.6. The van der Waals surface area contributed by atoms with Crippen LogP contribution in [-0.2, 0) is 10.2 Å². The Hall–Kier alpha value is -1.26. The van der Waals surface area contributed by atoms with Gasteiger partial charge in [-0.3, -0.25) is 10.2 Å². The molecule has 0 bridgehead atoms. The molecule has 1 aliphatic rings. The summed E-state index contributed by atoms with van der Waals surface area (Å²) in [5.41, 5.74) is 3.67. The normalized spacial score (nSPS) is 16.5. The predicted octanol–water partition coefficient (Wildman–Crippen LogP) is 1.68. The van der Waals surface area contributed by atoms with Gasteiger partial charge in [0, 0.05) is 0 Å². The molecular formula is C12H15ClN2O2. The van der Waals surface area contributed by atoms with E-state index in [2.05, 4.69) is 5.43 Å². The molecule has 0 spiro atoms. The van der Waals surface area contributed by atoms with Gasteiger partial charge in [0.25, 0.3) is 0 Å². The third kappa shape index (κ3) is 1.87. The molecule has 2 rings (SSSR count). The maximum absolute atomic E-state index is 11.8. The number of aryl methyl sites for hydroxylation is 1. The lowest BCUT2D eigenvalue weighted by Gasteiger charge is -2.18. The molecule has 1 saturated carbocycles. The highest BCUT2D eigenvalue weighted by Gasteiger charge is 2.52. The van der Waals surface area contributed by atoms with Crippen LogP contribution in [-0.4, -0.2) is 13.0 Å². The van der Waals surface area contributed by atoms with Crippen LogP contribution in [0.2, 0.25) is 5.02 Å². The first-order valence-electron chi connectivity index (χ1n) is 5.41. The van der Waals surface area contributed by atoms with Crippen molar-refractivity contribution in [2.75, 3.05) is 7.11 Å². The fourth-order valence-electron chi connectivity index (χ4n) is 2.21. The number of hydrogen-bond donors (Lipinski definition) is 2. The molecule has 1 aromatic carbocycles. The summed E-state index contributed by atoms with van der Waals surface area (Å²) in [6.07, 6.45) is 1.61. The molecule has 0 heterocycles. The molecule has 3 N–H and O–H groups in total. The maximum atomic E-state index is 11.8. The number of ether oxygens (including phenoxy) is 1. The lowest BCUT2D eigenvalue weighted by Crippen LogP contribution is -2.39. The van der Waals surface area contributed by atoms with Crippen molar-refractivity contribution in [2.45, 2.75) is 25.2 Å². The minimum Gasteiger partial charge on any atom is -0.495 e. The Bertz CT molecular complexity index is 470. The molecule has 4 nitrogen and oxygen atoms in total. The van der Waals surface area contributed by atoms with Crippen molar-refractivity contribution in [3.63, 3.8) is 0 Å². The summed E-state index contributed by atoms with van der Waals surface area (Å²) in [6.45, 7) is 1.94. The van der Waals surface area contributed by atoms with E-state index in [1.54, 1.807) is 13.2 Å². The molecule has 0 unspecified atom stereocenters. The van der Waals surface area contributed by atoms with Crippen LogP contribution in [0.1, 0.15) is 24.0 Å². The summed E-state index contributed by atoms with van der Waals surface area (Å²) in [5, 5.41) is 0.518. The van der Waals surface area contributed by atoms with E-state index < -0.39 is 5.41 Å². The second-order valence-electron chi connectivity index (χ2n) is 4.36. The Morgan fingerprint density at radius 2 is 2.18 bits per heavy atom. The molecule has 0 aliphatic heterocycles. The molecule has 1 fully saturated rings. The number of rotatable bonds is 3. The van der Waals surface area contributed by atoms with Gasteiger partial charge in [-0.15, -0.1) is 0 Å². The van der Waals surface area contributed by atoms with Gasteiger partial charge in [0.15, 0.2) is 0 Å². The Morgan fingerprint density at radius 3 is 2.65 bits per heavy atom. The zero-order chi connectivity index (χ0) is 12.6. The molecule has 1 amide bonds. The van der Waals surface area contributed by atoms with Crippen molar-refractivity contribution in [3.05, 3.63) is 28.3 Å². The first kappa shape index (κ1) is 12.2.